The van der Waals surface area contributed by atoms with Crippen molar-refractivity contribution in [2.24, 2.45) is 5.92 Å². The van der Waals surface area contributed by atoms with Crippen molar-refractivity contribution in [3.63, 3.8) is 0 Å². The van der Waals surface area contributed by atoms with Crippen LogP contribution in [0.1, 0.15) is 39.0 Å². The van der Waals surface area contributed by atoms with Crippen molar-refractivity contribution < 1.29 is 4.79 Å². The zero-order valence-corrected chi connectivity index (χ0v) is 13.3. The minimum atomic E-state index is 0.333. The second-order valence-electron chi connectivity index (χ2n) is 5.91. The van der Waals surface area contributed by atoms with Gasteiger partial charge in [0.05, 0.1) is 0 Å². The third-order valence-corrected chi connectivity index (χ3v) is 5.79. The fourth-order valence-corrected chi connectivity index (χ4v) is 3.96. The van der Waals surface area contributed by atoms with Gasteiger partial charge in [0, 0.05) is 31.3 Å². The molecule has 0 bridgehead atoms. The Morgan fingerprint density at radius 2 is 1.74 bits per heavy atom. The van der Waals surface area contributed by atoms with E-state index in [9.17, 15) is 4.79 Å². The number of carbonyl (C=O) groups excluding carboxylic acids is 1. The molecule has 110 valence electrons. The van der Waals surface area contributed by atoms with Crippen LogP contribution in [0.15, 0.2) is 0 Å². The van der Waals surface area contributed by atoms with Gasteiger partial charge in [-0.3, -0.25) is 4.79 Å². The fraction of sp³-hybridized carbons (Fsp3) is 0.933. The summed E-state index contributed by atoms with van der Waals surface area (Å²) in [5.41, 5.74) is 0. The summed E-state index contributed by atoms with van der Waals surface area (Å²) < 4.78 is 0. The van der Waals surface area contributed by atoms with Crippen LogP contribution in [0.25, 0.3) is 0 Å². The Balaban J connectivity index is 1.67. The summed E-state index contributed by atoms with van der Waals surface area (Å²) in [6.45, 7) is 7.75. The molecule has 2 rings (SSSR count). The van der Waals surface area contributed by atoms with Gasteiger partial charge in [-0.25, -0.2) is 0 Å². The number of hydrogen-bond donors (Lipinski definition) is 0. The summed E-state index contributed by atoms with van der Waals surface area (Å²) in [7, 11) is 0. The van der Waals surface area contributed by atoms with Crippen molar-refractivity contribution in [2.45, 2.75) is 44.3 Å². The molecular weight excluding hydrogens is 256 g/mol. The lowest BCUT2D eigenvalue weighted by Gasteiger charge is -2.37. The Hall–Kier alpha value is -0.220. The molecular formula is C15H28N2OS. The molecule has 0 aromatic rings. The van der Waals surface area contributed by atoms with Crippen LogP contribution in [0.2, 0.25) is 0 Å². The van der Waals surface area contributed by atoms with Gasteiger partial charge in [0.25, 0.3) is 0 Å². The molecule has 2 aliphatic heterocycles. The molecule has 2 fully saturated rings. The first kappa shape index (κ1) is 15.2. The number of piperidine rings is 2. The summed E-state index contributed by atoms with van der Waals surface area (Å²) in [4.78, 5) is 16.3. The van der Waals surface area contributed by atoms with Gasteiger partial charge in [-0.15, -0.1) is 0 Å². The molecule has 2 saturated heterocycles. The van der Waals surface area contributed by atoms with Crippen molar-refractivity contribution >= 4 is 17.7 Å². The molecule has 0 radical (unpaired) electrons. The van der Waals surface area contributed by atoms with Crippen molar-refractivity contribution in [3.8, 4) is 0 Å². The molecule has 2 aliphatic rings. The molecule has 3 nitrogen and oxygen atoms in total. The minimum Gasteiger partial charge on any atom is -0.343 e. The third kappa shape index (κ3) is 4.38. The van der Waals surface area contributed by atoms with E-state index in [1.165, 1.54) is 45.3 Å². The van der Waals surface area contributed by atoms with Gasteiger partial charge >= 0.3 is 0 Å². The summed E-state index contributed by atoms with van der Waals surface area (Å²) in [5, 5.41) is 0.889. The summed E-state index contributed by atoms with van der Waals surface area (Å²) in [6.07, 6.45) is 8.01. The van der Waals surface area contributed by atoms with Crippen LogP contribution in [-0.4, -0.2) is 59.9 Å². The van der Waals surface area contributed by atoms with Crippen molar-refractivity contribution in [1.82, 2.24) is 9.80 Å². The summed E-state index contributed by atoms with van der Waals surface area (Å²) >= 11 is 2.03. The van der Waals surface area contributed by atoms with Gasteiger partial charge in [0.2, 0.25) is 5.91 Å². The average molecular weight is 284 g/mol. The van der Waals surface area contributed by atoms with Crippen LogP contribution >= 0.6 is 11.8 Å². The second-order valence-corrected chi connectivity index (χ2v) is 7.05. The minimum absolute atomic E-state index is 0.333. The number of hydrogen-bond acceptors (Lipinski definition) is 3. The van der Waals surface area contributed by atoms with E-state index in [4.69, 9.17) is 0 Å². The predicted octanol–water partition coefficient (Wildman–Crippen LogP) is 2.46. The first-order valence-electron chi connectivity index (χ1n) is 7.75. The molecule has 0 saturated carbocycles. The van der Waals surface area contributed by atoms with Crippen LogP contribution in [-0.2, 0) is 4.79 Å². The highest BCUT2D eigenvalue weighted by Gasteiger charge is 2.25. The van der Waals surface area contributed by atoms with Crippen LogP contribution in [0.5, 0.6) is 0 Å². The SMILES string of the molecule is CCC(=O)N1CCC(CN2CCC(SC)CC2)CC1. The highest BCUT2D eigenvalue weighted by molar-refractivity contribution is 7.99. The van der Waals surface area contributed by atoms with Crippen LogP contribution < -0.4 is 0 Å². The maximum Gasteiger partial charge on any atom is 0.222 e. The Bertz CT molecular complexity index is 282. The largest absolute Gasteiger partial charge is 0.343 e. The monoisotopic (exact) mass is 284 g/mol. The number of likely N-dealkylation sites (tertiary alicyclic amines) is 2. The fourth-order valence-electron chi connectivity index (χ4n) is 3.28. The Kier molecular flexibility index (Phi) is 6.02. The second kappa shape index (κ2) is 7.53. The standard InChI is InChI=1S/C15H28N2OS/c1-3-15(18)17-10-4-13(5-11-17)12-16-8-6-14(19-2)7-9-16/h13-14H,3-12H2,1-2H3. The number of thioether (sulfide) groups is 1. The number of carbonyl (C=O) groups is 1. The van der Waals surface area contributed by atoms with Gasteiger partial charge in [-0.05, 0) is 50.9 Å². The molecule has 0 atom stereocenters. The van der Waals surface area contributed by atoms with Crippen molar-refractivity contribution in [2.75, 3.05) is 39.0 Å². The van der Waals surface area contributed by atoms with E-state index < -0.39 is 0 Å². The molecule has 0 N–H and O–H groups in total. The van der Waals surface area contributed by atoms with Crippen molar-refractivity contribution in [1.29, 1.82) is 0 Å². The predicted molar refractivity (Wildman–Crippen MR) is 82.6 cm³/mol. The first-order valence-corrected chi connectivity index (χ1v) is 9.04. The quantitative estimate of drug-likeness (QED) is 0.792. The van der Waals surface area contributed by atoms with Crippen molar-refractivity contribution in [3.05, 3.63) is 0 Å². The maximum absolute atomic E-state index is 11.6. The van der Waals surface area contributed by atoms with E-state index in [0.29, 0.717) is 12.3 Å². The van der Waals surface area contributed by atoms with Gasteiger partial charge < -0.3 is 9.80 Å². The van der Waals surface area contributed by atoms with E-state index in [2.05, 4.69) is 16.1 Å². The smallest absolute Gasteiger partial charge is 0.222 e. The maximum atomic E-state index is 11.6. The average Bonchev–Trinajstić information content (AvgIpc) is 2.48. The lowest BCUT2D eigenvalue weighted by Crippen LogP contribution is -2.43. The molecule has 0 aromatic heterocycles. The highest BCUT2D eigenvalue weighted by Crippen LogP contribution is 2.24. The van der Waals surface area contributed by atoms with E-state index in [-0.39, 0.29) is 0 Å². The molecule has 19 heavy (non-hydrogen) atoms. The van der Waals surface area contributed by atoms with E-state index >= 15 is 0 Å². The molecule has 1 amide bonds. The molecule has 4 heteroatoms. The van der Waals surface area contributed by atoms with Crippen LogP contribution in [0.4, 0.5) is 0 Å². The van der Waals surface area contributed by atoms with Crippen LogP contribution in [0.3, 0.4) is 0 Å². The summed E-state index contributed by atoms with van der Waals surface area (Å²) in [6, 6.07) is 0. The normalized spacial score (nSPS) is 23.8. The topological polar surface area (TPSA) is 23.6 Å². The zero-order chi connectivity index (χ0) is 13.7. The van der Waals surface area contributed by atoms with Gasteiger partial charge in [0.15, 0.2) is 0 Å². The first-order chi connectivity index (χ1) is 9.22. The molecule has 0 aromatic carbocycles. The number of nitrogens with zero attached hydrogens (tertiary/aromatic N) is 2. The molecule has 0 spiro atoms. The Morgan fingerprint density at radius 3 is 2.26 bits per heavy atom. The lowest BCUT2D eigenvalue weighted by molar-refractivity contribution is -0.132. The van der Waals surface area contributed by atoms with Crippen LogP contribution in [0, 0.1) is 5.92 Å². The Morgan fingerprint density at radius 1 is 1.11 bits per heavy atom. The lowest BCUT2D eigenvalue weighted by atomic mass is 9.95. The zero-order valence-electron chi connectivity index (χ0n) is 12.4. The highest BCUT2D eigenvalue weighted by atomic mass is 32.2. The Labute approximate surface area is 122 Å². The van der Waals surface area contributed by atoms with Gasteiger partial charge in [-0.1, -0.05) is 6.92 Å². The van der Waals surface area contributed by atoms with Gasteiger partial charge in [0.1, 0.15) is 0 Å². The molecule has 0 unspecified atom stereocenters. The van der Waals surface area contributed by atoms with E-state index in [0.717, 1.165) is 24.3 Å². The van der Waals surface area contributed by atoms with E-state index in [1.54, 1.807) is 0 Å². The van der Waals surface area contributed by atoms with Gasteiger partial charge in [-0.2, -0.15) is 11.8 Å². The third-order valence-electron chi connectivity index (χ3n) is 4.65. The number of rotatable bonds is 4. The summed E-state index contributed by atoms with van der Waals surface area (Å²) in [5.74, 6) is 1.14. The molecule has 0 aliphatic carbocycles. The van der Waals surface area contributed by atoms with E-state index in [1.807, 2.05) is 18.7 Å². The molecule has 2 heterocycles. The number of amides is 1.